The fourth-order valence-electron chi connectivity index (χ4n) is 5.46. The second kappa shape index (κ2) is 14.2. The number of tetrazole rings is 1. The molecule has 1 saturated heterocycles. The molecule has 13 heteroatoms. The van der Waals surface area contributed by atoms with Crippen molar-refractivity contribution < 1.29 is 9.47 Å². The van der Waals surface area contributed by atoms with E-state index in [1.54, 1.807) is 6.20 Å². The molecule has 0 bridgehead atoms. The normalized spacial score (nSPS) is 21.7. The van der Waals surface area contributed by atoms with Gasteiger partial charge in [0, 0.05) is 49.6 Å². The van der Waals surface area contributed by atoms with Crippen molar-refractivity contribution in [1.29, 1.82) is 5.26 Å². The Balaban J connectivity index is 1.12. The molecular weight excluding hydrogens is 556 g/mol. The molecule has 42 heavy (non-hydrogen) atoms. The van der Waals surface area contributed by atoms with Crippen molar-refractivity contribution in [2.45, 2.75) is 83.2 Å². The lowest BCUT2D eigenvalue weighted by Crippen LogP contribution is -2.46. The zero-order valence-electron chi connectivity index (χ0n) is 24.1. The molecule has 0 amide bonds. The third kappa shape index (κ3) is 7.92. The second-order valence-corrected chi connectivity index (χ2v) is 11.7. The summed E-state index contributed by atoms with van der Waals surface area (Å²) in [4.78, 5) is 9.35. The lowest BCUT2D eigenvalue weighted by molar-refractivity contribution is 0.0237. The monoisotopic (exact) mass is 594 g/mol. The lowest BCUT2D eigenvalue weighted by atomic mass is 9.82. The molecule has 4 N–H and O–H groups in total. The van der Waals surface area contributed by atoms with E-state index in [1.807, 2.05) is 24.3 Å². The molecule has 2 aliphatic rings. The predicted molar refractivity (Wildman–Crippen MR) is 160 cm³/mol. The van der Waals surface area contributed by atoms with E-state index in [9.17, 15) is 5.26 Å². The van der Waals surface area contributed by atoms with Crippen molar-refractivity contribution in [3.8, 4) is 17.3 Å². The van der Waals surface area contributed by atoms with Crippen LogP contribution in [0.1, 0.15) is 58.2 Å². The average Bonchev–Trinajstić information content (AvgIpc) is 3.55. The number of hydrogen-bond acceptors (Lipinski definition) is 11. The van der Waals surface area contributed by atoms with Gasteiger partial charge in [-0.25, -0.2) is 9.97 Å². The van der Waals surface area contributed by atoms with Crippen LogP contribution in [0.3, 0.4) is 0 Å². The quantitative estimate of drug-likeness (QED) is 0.236. The van der Waals surface area contributed by atoms with E-state index in [0.29, 0.717) is 68.0 Å². The summed E-state index contributed by atoms with van der Waals surface area (Å²) in [5, 5.41) is 34.9. The Labute approximate surface area is 251 Å². The van der Waals surface area contributed by atoms with Gasteiger partial charge in [0.2, 0.25) is 0 Å². The van der Waals surface area contributed by atoms with Crippen LogP contribution in [0.15, 0.2) is 30.5 Å². The first kappa shape index (κ1) is 30.1. The number of halogens is 1. The Morgan fingerprint density at radius 2 is 1.95 bits per heavy atom. The number of H-pyrrole nitrogens is 1. The standard InChI is InChI=1S/C29H39ClN10O2/c1-19(20(2)42-16-28-37-39-40-38-28)34-21-6-8-22(9-7-21)35-27-14-23(24(30)15-32-27)25-4-3-5-26(36-25)33-18-29(17-31)10-12-41-13-11-29/h3-5,14-15,19-22,34H,6-13,16,18H2,1-2H3,(H,32,35)(H,33,36)(H,37,38,39,40)/t19-,20+,21?,22?/m1/s1. The fraction of sp³-hybridized carbons (Fsp3) is 0.586. The van der Waals surface area contributed by atoms with Gasteiger partial charge in [-0.15, -0.1) is 10.2 Å². The molecular formula is C29H39ClN10O2. The SMILES string of the molecule is C[C@H](OCc1nn[nH]n1)[C@@H](C)NC1CCC(Nc2cc(-c3cccc(NCC4(C#N)CCOCC4)n3)c(Cl)cn2)CC1. The molecule has 2 fully saturated rings. The number of aromatic nitrogens is 6. The van der Waals surface area contributed by atoms with Gasteiger partial charge in [0.1, 0.15) is 18.2 Å². The maximum absolute atomic E-state index is 9.77. The Kier molecular flexibility index (Phi) is 10.2. The Hall–Kier alpha value is -3.37. The molecule has 3 aromatic heterocycles. The lowest BCUT2D eigenvalue weighted by Gasteiger charge is -2.33. The number of nitrogens with one attached hydrogen (secondary N) is 4. The number of hydrogen-bond donors (Lipinski definition) is 4. The van der Waals surface area contributed by atoms with Crippen LogP contribution in [0.2, 0.25) is 5.02 Å². The molecule has 5 rings (SSSR count). The highest BCUT2D eigenvalue weighted by Crippen LogP contribution is 2.32. The predicted octanol–water partition coefficient (Wildman–Crippen LogP) is 4.35. The van der Waals surface area contributed by atoms with Crippen molar-refractivity contribution in [2.75, 3.05) is 30.4 Å². The first-order valence-electron chi connectivity index (χ1n) is 14.7. The van der Waals surface area contributed by atoms with Crippen LogP contribution in [-0.4, -0.2) is 74.6 Å². The van der Waals surface area contributed by atoms with Gasteiger partial charge in [-0.3, -0.25) is 0 Å². The maximum Gasteiger partial charge on any atom is 0.200 e. The second-order valence-electron chi connectivity index (χ2n) is 11.3. The van der Waals surface area contributed by atoms with Crippen LogP contribution in [0, 0.1) is 16.7 Å². The first-order valence-corrected chi connectivity index (χ1v) is 15.0. The molecule has 4 heterocycles. The molecule has 0 spiro atoms. The van der Waals surface area contributed by atoms with Gasteiger partial charge in [0.25, 0.3) is 0 Å². The van der Waals surface area contributed by atoms with Crippen LogP contribution < -0.4 is 16.0 Å². The molecule has 1 saturated carbocycles. The van der Waals surface area contributed by atoms with Gasteiger partial charge >= 0.3 is 0 Å². The van der Waals surface area contributed by atoms with E-state index >= 15 is 0 Å². The van der Waals surface area contributed by atoms with Gasteiger partial charge in [-0.2, -0.15) is 10.5 Å². The minimum absolute atomic E-state index is 0.0210. The number of nitriles is 1. The Morgan fingerprint density at radius 3 is 2.69 bits per heavy atom. The summed E-state index contributed by atoms with van der Waals surface area (Å²) in [5.74, 6) is 2.05. The van der Waals surface area contributed by atoms with Gasteiger partial charge < -0.3 is 25.4 Å². The van der Waals surface area contributed by atoms with E-state index in [4.69, 9.17) is 26.1 Å². The van der Waals surface area contributed by atoms with Gasteiger partial charge in [-0.1, -0.05) is 22.9 Å². The van der Waals surface area contributed by atoms with Crippen molar-refractivity contribution in [3.05, 3.63) is 41.3 Å². The van der Waals surface area contributed by atoms with E-state index in [0.717, 1.165) is 42.8 Å². The van der Waals surface area contributed by atoms with Crippen molar-refractivity contribution in [2.24, 2.45) is 5.41 Å². The fourth-order valence-corrected chi connectivity index (χ4v) is 5.66. The van der Waals surface area contributed by atoms with E-state index in [-0.39, 0.29) is 12.1 Å². The highest BCUT2D eigenvalue weighted by molar-refractivity contribution is 6.33. The molecule has 3 aromatic rings. The highest BCUT2D eigenvalue weighted by Gasteiger charge is 2.32. The smallest absolute Gasteiger partial charge is 0.200 e. The zero-order valence-corrected chi connectivity index (χ0v) is 24.9. The Morgan fingerprint density at radius 1 is 1.17 bits per heavy atom. The number of pyridine rings is 2. The topological polar surface area (TPSA) is 159 Å². The van der Waals surface area contributed by atoms with Crippen LogP contribution in [0.4, 0.5) is 11.6 Å². The van der Waals surface area contributed by atoms with Crippen LogP contribution in [0.5, 0.6) is 0 Å². The average molecular weight is 595 g/mol. The van der Waals surface area contributed by atoms with Crippen molar-refractivity contribution in [1.82, 2.24) is 35.9 Å². The summed E-state index contributed by atoms with van der Waals surface area (Å²) in [7, 11) is 0. The minimum Gasteiger partial charge on any atom is -0.381 e. The maximum atomic E-state index is 9.77. The van der Waals surface area contributed by atoms with E-state index < -0.39 is 5.41 Å². The van der Waals surface area contributed by atoms with Crippen LogP contribution in [-0.2, 0) is 16.1 Å². The van der Waals surface area contributed by atoms with Crippen molar-refractivity contribution in [3.63, 3.8) is 0 Å². The molecule has 0 unspecified atom stereocenters. The molecule has 1 aliphatic carbocycles. The summed E-state index contributed by atoms with van der Waals surface area (Å²) in [6.07, 6.45) is 7.32. The van der Waals surface area contributed by atoms with Gasteiger partial charge in [-0.05, 0) is 70.6 Å². The summed E-state index contributed by atoms with van der Waals surface area (Å²) in [6.45, 7) is 6.30. The largest absolute Gasteiger partial charge is 0.381 e. The third-order valence-corrected chi connectivity index (χ3v) is 8.62. The summed E-state index contributed by atoms with van der Waals surface area (Å²) >= 11 is 6.58. The number of anilines is 2. The molecule has 224 valence electrons. The van der Waals surface area contributed by atoms with Crippen LogP contribution >= 0.6 is 11.6 Å². The number of rotatable bonds is 12. The molecule has 0 aromatic carbocycles. The molecule has 1 aliphatic heterocycles. The number of nitrogens with zero attached hydrogens (tertiary/aromatic N) is 6. The minimum atomic E-state index is -0.434. The summed E-state index contributed by atoms with van der Waals surface area (Å²) < 4.78 is 11.3. The number of ether oxygens (including phenoxy) is 2. The van der Waals surface area contributed by atoms with Gasteiger partial charge in [0.15, 0.2) is 5.82 Å². The zero-order chi connectivity index (χ0) is 29.4. The third-order valence-electron chi connectivity index (χ3n) is 8.32. The first-order chi connectivity index (χ1) is 20.4. The molecule has 12 nitrogen and oxygen atoms in total. The van der Waals surface area contributed by atoms with E-state index in [1.165, 1.54) is 0 Å². The Bertz CT molecular complexity index is 1320. The van der Waals surface area contributed by atoms with Crippen molar-refractivity contribution >= 4 is 23.2 Å². The van der Waals surface area contributed by atoms with Gasteiger partial charge in [0.05, 0.1) is 28.3 Å². The summed E-state index contributed by atoms with van der Waals surface area (Å²) in [6, 6.07) is 11.2. The number of aromatic amines is 1. The van der Waals surface area contributed by atoms with Crippen LogP contribution in [0.25, 0.3) is 11.3 Å². The molecule has 2 atom stereocenters. The van der Waals surface area contributed by atoms with E-state index in [2.05, 4.69) is 61.5 Å². The molecule has 0 radical (unpaired) electrons. The summed E-state index contributed by atoms with van der Waals surface area (Å²) in [5.41, 5.74) is 1.14. The highest BCUT2D eigenvalue weighted by atomic mass is 35.5.